The van der Waals surface area contributed by atoms with Crippen LogP contribution < -0.4 is 5.32 Å². The highest BCUT2D eigenvalue weighted by molar-refractivity contribution is 5.69. The summed E-state index contributed by atoms with van der Waals surface area (Å²) < 4.78 is 4.89. The van der Waals surface area contributed by atoms with Gasteiger partial charge in [0.05, 0.1) is 18.7 Å². The molecule has 4 heteroatoms. The van der Waals surface area contributed by atoms with Gasteiger partial charge < -0.3 is 10.1 Å². The van der Waals surface area contributed by atoms with Crippen LogP contribution in [0, 0.1) is 6.92 Å². The zero-order valence-electron chi connectivity index (χ0n) is 10.7. The fraction of sp³-hybridized carbons (Fsp3) is 0.538. The molecule has 0 amide bonds. The maximum Gasteiger partial charge on any atom is 0.307 e. The number of pyridine rings is 1. The van der Waals surface area contributed by atoms with Crippen LogP contribution in [-0.4, -0.2) is 23.6 Å². The van der Waals surface area contributed by atoms with E-state index in [1.165, 1.54) is 0 Å². The first kappa shape index (κ1) is 13.6. The van der Waals surface area contributed by atoms with Gasteiger partial charge in [-0.25, -0.2) is 0 Å². The second-order valence-corrected chi connectivity index (χ2v) is 4.06. The van der Waals surface area contributed by atoms with Crippen molar-refractivity contribution in [3.05, 3.63) is 29.6 Å². The summed E-state index contributed by atoms with van der Waals surface area (Å²) in [5.74, 6) is -0.162. The van der Waals surface area contributed by atoms with Crippen molar-refractivity contribution in [1.29, 1.82) is 0 Å². The third kappa shape index (κ3) is 5.45. The predicted octanol–water partition coefficient (Wildman–Crippen LogP) is 1.82. The summed E-state index contributed by atoms with van der Waals surface area (Å²) >= 11 is 0. The molecule has 0 aliphatic rings. The molecule has 0 aromatic carbocycles. The van der Waals surface area contributed by atoms with E-state index in [1.807, 2.05) is 39.0 Å². The maximum atomic E-state index is 11.2. The lowest BCUT2D eigenvalue weighted by molar-refractivity contribution is -0.143. The Kier molecular flexibility index (Phi) is 5.63. The van der Waals surface area contributed by atoms with Crippen molar-refractivity contribution < 1.29 is 9.53 Å². The number of aromatic nitrogens is 1. The van der Waals surface area contributed by atoms with Crippen molar-refractivity contribution in [2.75, 3.05) is 6.61 Å². The summed E-state index contributed by atoms with van der Waals surface area (Å²) in [7, 11) is 0. The zero-order valence-corrected chi connectivity index (χ0v) is 10.7. The first-order valence-electron chi connectivity index (χ1n) is 5.93. The number of hydrogen-bond acceptors (Lipinski definition) is 4. The van der Waals surface area contributed by atoms with Crippen LogP contribution in [0.2, 0.25) is 0 Å². The zero-order chi connectivity index (χ0) is 12.7. The Morgan fingerprint density at radius 3 is 2.94 bits per heavy atom. The number of aryl methyl sites for hydroxylation is 1. The van der Waals surface area contributed by atoms with Crippen LogP contribution in [0.4, 0.5) is 0 Å². The van der Waals surface area contributed by atoms with Crippen LogP contribution in [0.25, 0.3) is 0 Å². The quantitative estimate of drug-likeness (QED) is 0.765. The molecule has 4 nitrogen and oxygen atoms in total. The molecule has 1 unspecified atom stereocenters. The van der Waals surface area contributed by atoms with Crippen molar-refractivity contribution >= 4 is 5.97 Å². The number of esters is 1. The van der Waals surface area contributed by atoms with Gasteiger partial charge in [0.1, 0.15) is 0 Å². The van der Waals surface area contributed by atoms with E-state index in [0.717, 1.165) is 11.4 Å². The van der Waals surface area contributed by atoms with E-state index in [2.05, 4.69) is 10.3 Å². The SMILES string of the molecule is CCOC(=O)CC(C)NCc1cccc(C)n1. The van der Waals surface area contributed by atoms with Crippen LogP contribution in [0.15, 0.2) is 18.2 Å². The molecule has 1 heterocycles. The number of ether oxygens (including phenoxy) is 1. The molecule has 94 valence electrons. The normalized spacial score (nSPS) is 12.2. The minimum Gasteiger partial charge on any atom is -0.466 e. The lowest BCUT2D eigenvalue weighted by Gasteiger charge is -2.12. The fourth-order valence-corrected chi connectivity index (χ4v) is 1.52. The molecule has 0 saturated heterocycles. The van der Waals surface area contributed by atoms with Crippen molar-refractivity contribution in [3.63, 3.8) is 0 Å². The Balaban J connectivity index is 2.33. The van der Waals surface area contributed by atoms with Crippen LogP contribution in [0.5, 0.6) is 0 Å². The molecule has 1 rings (SSSR count). The molecule has 0 fully saturated rings. The molecule has 0 bridgehead atoms. The van der Waals surface area contributed by atoms with E-state index in [9.17, 15) is 4.79 Å². The molecule has 17 heavy (non-hydrogen) atoms. The highest BCUT2D eigenvalue weighted by Gasteiger charge is 2.09. The number of nitrogens with one attached hydrogen (secondary N) is 1. The lowest BCUT2D eigenvalue weighted by atomic mass is 10.2. The van der Waals surface area contributed by atoms with E-state index in [-0.39, 0.29) is 12.0 Å². The first-order chi connectivity index (χ1) is 8.11. The largest absolute Gasteiger partial charge is 0.466 e. The van der Waals surface area contributed by atoms with Gasteiger partial charge in [-0.15, -0.1) is 0 Å². The molecule has 0 aliphatic heterocycles. The Bertz CT molecular complexity index is 366. The monoisotopic (exact) mass is 236 g/mol. The number of rotatable bonds is 6. The van der Waals surface area contributed by atoms with Crippen LogP contribution in [0.1, 0.15) is 31.7 Å². The molecule has 0 radical (unpaired) electrons. The molecule has 1 N–H and O–H groups in total. The molecule has 0 aliphatic carbocycles. The molecule has 0 saturated carbocycles. The third-order valence-corrected chi connectivity index (χ3v) is 2.36. The van der Waals surface area contributed by atoms with E-state index in [0.29, 0.717) is 19.6 Å². The first-order valence-corrected chi connectivity index (χ1v) is 5.93. The number of carbonyl (C=O) groups excluding carboxylic acids is 1. The molecule has 1 aromatic heterocycles. The average molecular weight is 236 g/mol. The van der Waals surface area contributed by atoms with Gasteiger partial charge in [0.2, 0.25) is 0 Å². The average Bonchev–Trinajstić information content (AvgIpc) is 2.27. The van der Waals surface area contributed by atoms with Gasteiger partial charge in [-0.3, -0.25) is 9.78 Å². The third-order valence-electron chi connectivity index (χ3n) is 2.36. The topological polar surface area (TPSA) is 51.2 Å². The van der Waals surface area contributed by atoms with E-state index in [1.54, 1.807) is 0 Å². The summed E-state index contributed by atoms with van der Waals surface area (Å²) in [6.07, 6.45) is 0.389. The number of carbonyl (C=O) groups is 1. The van der Waals surface area contributed by atoms with Crippen molar-refractivity contribution in [3.8, 4) is 0 Å². The minimum atomic E-state index is -0.162. The lowest BCUT2D eigenvalue weighted by Crippen LogP contribution is -2.29. The van der Waals surface area contributed by atoms with Gasteiger partial charge >= 0.3 is 5.97 Å². The van der Waals surface area contributed by atoms with Gasteiger partial charge in [0.25, 0.3) is 0 Å². The molecule has 1 aromatic rings. The Labute approximate surface area is 102 Å². The Morgan fingerprint density at radius 1 is 1.53 bits per heavy atom. The summed E-state index contributed by atoms with van der Waals surface area (Å²) in [6.45, 7) is 6.85. The van der Waals surface area contributed by atoms with Crippen LogP contribution >= 0.6 is 0 Å². The fourth-order valence-electron chi connectivity index (χ4n) is 1.52. The number of nitrogens with zero attached hydrogens (tertiary/aromatic N) is 1. The Hall–Kier alpha value is -1.42. The van der Waals surface area contributed by atoms with Gasteiger partial charge in [-0.05, 0) is 32.9 Å². The molecule has 1 atom stereocenters. The molecular formula is C13H20N2O2. The summed E-state index contributed by atoms with van der Waals surface area (Å²) in [5.41, 5.74) is 1.99. The van der Waals surface area contributed by atoms with E-state index >= 15 is 0 Å². The van der Waals surface area contributed by atoms with Crippen LogP contribution in [-0.2, 0) is 16.1 Å². The Morgan fingerprint density at radius 2 is 2.29 bits per heavy atom. The molecule has 0 spiro atoms. The highest BCUT2D eigenvalue weighted by atomic mass is 16.5. The molecular weight excluding hydrogens is 216 g/mol. The summed E-state index contributed by atoms with van der Waals surface area (Å²) in [4.78, 5) is 15.6. The standard InChI is InChI=1S/C13H20N2O2/c1-4-17-13(16)8-11(3)14-9-12-7-5-6-10(2)15-12/h5-7,11,14H,4,8-9H2,1-3H3. The summed E-state index contributed by atoms with van der Waals surface area (Å²) in [6, 6.07) is 6.01. The minimum absolute atomic E-state index is 0.0939. The summed E-state index contributed by atoms with van der Waals surface area (Å²) in [5, 5.41) is 3.25. The predicted molar refractivity (Wildman–Crippen MR) is 66.5 cm³/mol. The second-order valence-electron chi connectivity index (χ2n) is 4.06. The van der Waals surface area contributed by atoms with Crippen molar-refractivity contribution in [2.24, 2.45) is 0 Å². The smallest absolute Gasteiger partial charge is 0.307 e. The van der Waals surface area contributed by atoms with Gasteiger partial charge in [0, 0.05) is 18.3 Å². The van der Waals surface area contributed by atoms with E-state index < -0.39 is 0 Å². The van der Waals surface area contributed by atoms with E-state index in [4.69, 9.17) is 4.74 Å². The van der Waals surface area contributed by atoms with Gasteiger partial charge in [0.15, 0.2) is 0 Å². The van der Waals surface area contributed by atoms with Crippen molar-refractivity contribution in [1.82, 2.24) is 10.3 Å². The van der Waals surface area contributed by atoms with Crippen LogP contribution in [0.3, 0.4) is 0 Å². The highest BCUT2D eigenvalue weighted by Crippen LogP contribution is 2.00. The van der Waals surface area contributed by atoms with Gasteiger partial charge in [-0.1, -0.05) is 6.07 Å². The van der Waals surface area contributed by atoms with Gasteiger partial charge in [-0.2, -0.15) is 0 Å². The second kappa shape index (κ2) is 7.01. The maximum absolute atomic E-state index is 11.2. The van der Waals surface area contributed by atoms with Crippen molar-refractivity contribution in [2.45, 2.75) is 39.8 Å². The number of hydrogen-bond donors (Lipinski definition) is 1.